The van der Waals surface area contributed by atoms with Gasteiger partial charge in [0.05, 0.1) is 0 Å². The van der Waals surface area contributed by atoms with Crippen LogP contribution in [0.2, 0.25) is 0 Å². The molecule has 0 saturated carbocycles. The molecule has 0 bridgehead atoms. The molecule has 18 heavy (non-hydrogen) atoms. The summed E-state index contributed by atoms with van der Waals surface area (Å²) < 4.78 is 0. The molecule has 0 aliphatic rings. The average Bonchev–Trinajstić information content (AvgIpc) is 2.76. The fourth-order valence-corrected chi connectivity index (χ4v) is 1.83. The summed E-state index contributed by atoms with van der Waals surface area (Å²) in [5.41, 5.74) is 3.25. The summed E-state index contributed by atoms with van der Waals surface area (Å²) in [7, 11) is 0. The number of rotatable bonds is 3. The Morgan fingerprint density at radius 2 is 2.06 bits per heavy atom. The van der Waals surface area contributed by atoms with Gasteiger partial charge in [-0.15, -0.1) is 0 Å². The van der Waals surface area contributed by atoms with E-state index in [0.717, 1.165) is 16.9 Å². The molecule has 1 aromatic carbocycles. The van der Waals surface area contributed by atoms with Crippen molar-refractivity contribution in [3.8, 4) is 0 Å². The van der Waals surface area contributed by atoms with Gasteiger partial charge in [0.15, 0.2) is 5.69 Å². The average molecular weight is 243 g/mol. The zero-order chi connectivity index (χ0) is 13.1. The lowest BCUT2D eigenvalue weighted by Gasteiger charge is -2.12. The summed E-state index contributed by atoms with van der Waals surface area (Å²) in [4.78, 5) is 12.0. The van der Waals surface area contributed by atoms with Crippen LogP contribution in [-0.4, -0.2) is 16.1 Å². The highest BCUT2D eigenvalue weighted by molar-refractivity contribution is 6.03. The number of nitrogens with zero attached hydrogens (tertiary/aromatic N) is 1. The Kier molecular flexibility index (Phi) is 3.46. The van der Waals surface area contributed by atoms with E-state index in [9.17, 15) is 4.79 Å². The highest BCUT2D eigenvalue weighted by Crippen LogP contribution is 2.23. The number of carbonyl (C=O) groups excluding carboxylic acids is 1. The van der Waals surface area contributed by atoms with Crippen molar-refractivity contribution in [1.29, 1.82) is 0 Å². The number of amides is 1. The summed E-state index contributed by atoms with van der Waals surface area (Å²) in [5, 5.41) is 9.61. The van der Waals surface area contributed by atoms with Crippen LogP contribution in [0.25, 0.3) is 0 Å². The molecule has 0 atom stereocenters. The number of aromatic nitrogens is 2. The minimum absolute atomic E-state index is 0.188. The van der Waals surface area contributed by atoms with Crippen LogP contribution in [0, 0.1) is 6.92 Å². The van der Waals surface area contributed by atoms with Crippen molar-refractivity contribution in [2.24, 2.45) is 0 Å². The number of anilines is 1. The number of hydrogen-bond acceptors (Lipinski definition) is 2. The van der Waals surface area contributed by atoms with Gasteiger partial charge < -0.3 is 5.32 Å². The lowest BCUT2D eigenvalue weighted by atomic mass is 10.0. The van der Waals surface area contributed by atoms with Crippen molar-refractivity contribution in [3.05, 3.63) is 47.3 Å². The second-order valence-electron chi connectivity index (χ2n) is 4.63. The first kappa shape index (κ1) is 12.4. The fourth-order valence-electron chi connectivity index (χ4n) is 1.83. The quantitative estimate of drug-likeness (QED) is 0.870. The van der Waals surface area contributed by atoms with Crippen LogP contribution < -0.4 is 5.32 Å². The van der Waals surface area contributed by atoms with Gasteiger partial charge in [-0.2, -0.15) is 5.10 Å². The van der Waals surface area contributed by atoms with Crippen molar-refractivity contribution in [2.45, 2.75) is 26.7 Å². The van der Waals surface area contributed by atoms with Crippen molar-refractivity contribution >= 4 is 11.6 Å². The number of hydrogen-bond donors (Lipinski definition) is 2. The zero-order valence-electron chi connectivity index (χ0n) is 10.8. The first-order chi connectivity index (χ1) is 8.58. The van der Waals surface area contributed by atoms with Gasteiger partial charge in [0.2, 0.25) is 0 Å². The highest BCUT2D eigenvalue weighted by atomic mass is 16.1. The van der Waals surface area contributed by atoms with Crippen molar-refractivity contribution in [3.63, 3.8) is 0 Å². The number of H-pyrrole nitrogens is 1. The summed E-state index contributed by atoms with van der Waals surface area (Å²) in [6.07, 6.45) is 0. The van der Waals surface area contributed by atoms with Gasteiger partial charge in [-0.05, 0) is 30.5 Å². The van der Waals surface area contributed by atoms with E-state index in [1.807, 2.05) is 31.2 Å². The van der Waals surface area contributed by atoms with E-state index in [4.69, 9.17) is 0 Å². The minimum atomic E-state index is -0.188. The first-order valence-corrected chi connectivity index (χ1v) is 6.00. The number of para-hydroxylation sites is 1. The standard InChI is InChI=1S/C14H17N3O/c1-9(2)11-6-4-5-7-12(11)15-14(18)13-8-10(3)16-17-13/h4-9H,1-3H3,(H,15,18)(H,16,17). The van der Waals surface area contributed by atoms with E-state index in [2.05, 4.69) is 29.4 Å². The molecule has 94 valence electrons. The third kappa shape index (κ3) is 2.59. The summed E-state index contributed by atoms with van der Waals surface area (Å²) in [6.45, 7) is 6.07. The molecule has 2 N–H and O–H groups in total. The molecule has 1 amide bonds. The first-order valence-electron chi connectivity index (χ1n) is 6.00. The molecule has 0 spiro atoms. The van der Waals surface area contributed by atoms with Crippen molar-refractivity contribution in [2.75, 3.05) is 5.32 Å². The predicted octanol–water partition coefficient (Wildman–Crippen LogP) is 3.09. The molecule has 0 unspecified atom stereocenters. The highest BCUT2D eigenvalue weighted by Gasteiger charge is 2.12. The fraction of sp³-hybridized carbons (Fsp3) is 0.286. The molecule has 4 nitrogen and oxygen atoms in total. The predicted molar refractivity (Wildman–Crippen MR) is 71.8 cm³/mol. The van der Waals surface area contributed by atoms with Gasteiger partial charge in [-0.3, -0.25) is 9.89 Å². The Bertz CT molecular complexity index is 558. The Morgan fingerprint density at radius 3 is 2.67 bits per heavy atom. The molecule has 0 aliphatic heterocycles. The Hall–Kier alpha value is -2.10. The van der Waals surface area contributed by atoms with Gasteiger partial charge in [0, 0.05) is 11.4 Å². The van der Waals surface area contributed by atoms with Crippen LogP contribution in [-0.2, 0) is 0 Å². The van der Waals surface area contributed by atoms with E-state index in [1.165, 1.54) is 0 Å². The molecule has 2 rings (SSSR count). The lowest BCUT2D eigenvalue weighted by molar-refractivity contribution is 0.102. The Labute approximate surface area is 106 Å². The van der Waals surface area contributed by atoms with Crippen LogP contribution >= 0.6 is 0 Å². The van der Waals surface area contributed by atoms with Gasteiger partial charge in [0.1, 0.15) is 0 Å². The molecular formula is C14H17N3O. The van der Waals surface area contributed by atoms with Gasteiger partial charge in [-0.1, -0.05) is 32.0 Å². The monoisotopic (exact) mass is 243 g/mol. The molecule has 2 aromatic rings. The maximum atomic E-state index is 12.0. The van der Waals surface area contributed by atoms with Gasteiger partial charge >= 0.3 is 0 Å². The van der Waals surface area contributed by atoms with Gasteiger partial charge in [0.25, 0.3) is 5.91 Å². The summed E-state index contributed by atoms with van der Waals surface area (Å²) in [6, 6.07) is 9.55. The molecule has 1 aromatic heterocycles. The normalized spacial score (nSPS) is 10.7. The van der Waals surface area contributed by atoms with Crippen molar-refractivity contribution in [1.82, 2.24) is 10.2 Å². The third-order valence-corrected chi connectivity index (χ3v) is 2.77. The molecule has 4 heteroatoms. The van der Waals surface area contributed by atoms with E-state index in [1.54, 1.807) is 6.07 Å². The number of carbonyl (C=O) groups is 1. The van der Waals surface area contributed by atoms with Crippen LogP contribution in [0.5, 0.6) is 0 Å². The lowest BCUT2D eigenvalue weighted by Crippen LogP contribution is -2.14. The molecule has 0 fully saturated rings. The second-order valence-corrected chi connectivity index (χ2v) is 4.63. The third-order valence-electron chi connectivity index (χ3n) is 2.77. The van der Waals surface area contributed by atoms with Gasteiger partial charge in [-0.25, -0.2) is 0 Å². The number of aromatic amines is 1. The zero-order valence-corrected chi connectivity index (χ0v) is 10.8. The Balaban J connectivity index is 2.22. The van der Waals surface area contributed by atoms with Crippen LogP contribution in [0.15, 0.2) is 30.3 Å². The number of aryl methyl sites for hydroxylation is 1. The van der Waals surface area contributed by atoms with Crippen LogP contribution in [0.3, 0.4) is 0 Å². The maximum Gasteiger partial charge on any atom is 0.276 e. The molecule has 0 saturated heterocycles. The van der Waals surface area contributed by atoms with Crippen molar-refractivity contribution < 1.29 is 4.79 Å². The number of nitrogens with one attached hydrogen (secondary N) is 2. The maximum absolute atomic E-state index is 12.0. The number of benzene rings is 1. The molecule has 0 aliphatic carbocycles. The second kappa shape index (κ2) is 5.04. The van der Waals surface area contributed by atoms with E-state index >= 15 is 0 Å². The largest absolute Gasteiger partial charge is 0.320 e. The summed E-state index contributed by atoms with van der Waals surface area (Å²) >= 11 is 0. The Morgan fingerprint density at radius 1 is 1.33 bits per heavy atom. The molecule has 0 radical (unpaired) electrons. The molecular weight excluding hydrogens is 226 g/mol. The van der Waals surface area contributed by atoms with E-state index in [0.29, 0.717) is 11.6 Å². The van der Waals surface area contributed by atoms with Crippen LogP contribution in [0.4, 0.5) is 5.69 Å². The SMILES string of the molecule is Cc1cc(C(=O)Nc2ccccc2C(C)C)n[nH]1. The topological polar surface area (TPSA) is 57.8 Å². The minimum Gasteiger partial charge on any atom is -0.320 e. The summed E-state index contributed by atoms with van der Waals surface area (Å²) in [5.74, 6) is 0.176. The molecule has 1 heterocycles. The van der Waals surface area contributed by atoms with E-state index in [-0.39, 0.29) is 5.91 Å². The van der Waals surface area contributed by atoms with E-state index < -0.39 is 0 Å². The smallest absolute Gasteiger partial charge is 0.276 e. The van der Waals surface area contributed by atoms with Crippen LogP contribution in [0.1, 0.15) is 41.5 Å².